The van der Waals surface area contributed by atoms with Gasteiger partial charge in [-0.1, -0.05) is 30.3 Å². The van der Waals surface area contributed by atoms with E-state index in [1.807, 2.05) is 30.3 Å². The van der Waals surface area contributed by atoms with Crippen LogP contribution in [0.15, 0.2) is 48.5 Å². The number of aliphatic hydroxyl groups is 10. The van der Waals surface area contributed by atoms with Crippen molar-refractivity contribution in [3.8, 4) is 11.4 Å². The van der Waals surface area contributed by atoms with Crippen molar-refractivity contribution < 1.29 is 75.7 Å². The number of aromatic nitrogens is 2. The summed E-state index contributed by atoms with van der Waals surface area (Å²) in [7, 11) is 3.15. The first-order valence-corrected chi connectivity index (χ1v) is 20.9. The van der Waals surface area contributed by atoms with Gasteiger partial charge >= 0.3 is 11.9 Å². The minimum absolute atomic E-state index is 0.0936. The maximum Gasteiger partial charge on any atom is 0.335 e. The van der Waals surface area contributed by atoms with Crippen LogP contribution in [-0.2, 0) is 6.42 Å². The molecule has 4 saturated carbocycles. The number of rotatable bonds is 19. The Labute approximate surface area is 364 Å². The molecule has 4 bridgehead atoms. The fraction of sp³-hybridized carbons (Fsp3) is 0.581. The Bertz CT molecular complexity index is 1840. The number of anilines is 1. The van der Waals surface area contributed by atoms with Gasteiger partial charge in [0.2, 0.25) is 0 Å². The van der Waals surface area contributed by atoms with Gasteiger partial charge in [-0.3, -0.25) is 4.79 Å². The first kappa shape index (κ1) is 51.2. The van der Waals surface area contributed by atoms with Gasteiger partial charge in [-0.05, 0) is 100 Å². The molecule has 16 N–H and O–H groups in total. The Kier molecular flexibility index (Phi) is 19.1. The molecule has 4 fully saturated rings. The zero-order valence-corrected chi connectivity index (χ0v) is 35.3. The van der Waals surface area contributed by atoms with Gasteiger partial charge in [0.25, 0.3) is 5.91 Å². The van der Waals surface area contributed by atoms with E-state index in [-0.39, 0.29) is 41.0 Å². The van der Waals surface area contributed by atoms with Gasteiger partial charge in [-0.15, -0.1) is 0 Å². The first-order valence-electron chi connectivity index (χ1n) is 20.9. The van der Waals surface area contributed by atoms with Crippen molar-refractivity contribution >= 4 is 23.5 Å². The summed E-state index contributed by atoms with van der Waals surface area (Å²) in [5.41, 5.74) is 1.77. The van der Waals surface area contributed by atoms with Gasteiger partial charge in [0.15, 0.2) is 0 Å². The van der Waals surface area contributed by atoms with E-state index in [0.717, 1.165) is 41.5 Å². The number of nitrogens with one attached hydrogen (secondary N) is 4. The predicted octanol–water partition coefficient (Wildman–Crippen LogP) is -1.23. The molecule has 4 aliphatic carbocycles. The fourth-order valence-electron chi connectivity index (χ4n) is 9.26. The molecule has 0 aliphatic heterocycles. The van der Waals surface area contributed by atoms with Crippen LogP contribution in [0.2, 0.25) is 0 Å². The van der Waals surface area contributed by atoms with Crippen LogP contribution in [-0.4, -0.2) is 178 Å². The number of aromatic amines is 1. The number of carbonyl (C=O) groups is 3. The number of likely N-dealkylation sites (N-methyl/N-ethyl adjacent to an activating group) is 2. The van der Waals surface area contributed by atoms with Crippen LogP contribution in [0, 0.1) is 23.2 Å². The highest BCUT2D eigenvalue weighted by Crippen LogP contribution is 2.61. The van der Waals surface area contributed by atoms with Crippen LogP contribution in [0.4, 0.5) is 5.69 Å². The van der Waals surface area contributed by atoms with E-state index >= 15 is 0 Å². The zero-order valence-electron chi connectivity index (χ0n) is 35.3. The number of aromatic carboxylic acids is 2. The number of H-pyrrole nitrogens is 1. The molecule has 20 nitrogen and oxygen atoms in total. The fourth-order valence-corrected chi connectivity index (χ4v) is 9.26. The van der Waals surface area contributed by atoms with Gasteiger partial charge in [-0.2, -0.15) is 0 Å². The van der Waals surface area contributed by atoms with Gasteiger partial charge < -0.3 is 82.2 Å². The van der Waals surface area contributed by atoms with Crippen LogP contribution in [0.1, 0.15) is 75.4 Å². The van der Waals surface area contributed by atoms with E-state index in [9.17, 15) is 34.8 Å². The lowest BCUT2D eigenvalue weighted by molar-refractivity contribution is -0.113. The number of nitrogens with zero attached hydrogens (tertiary/aromatic N) is 1. The SMILES string of the molecule is CNC[C@H](O)[C@@H](O)[C@H](O)[C@H](O)CO.CNC[C@H](O)[C@@H](O)[C@H](O)[C@H](O)CO.O=C(O)c1cc(NC(=O)c2nc(-c3ccccc3)[nH]c2CC23CC4CC(CC(C4)C2)C3)cc(C(=O)O)c1. The third kappa shape index (κ3) is 13.8. The molecule has 1 heterocycles. The van der Waals surface area contributed by atoms with Crippen molar-refractivity contribution in [2.75, 3.05) is 45.7 Å². The number of hydrogen-bond donors (Lipinski definition) is 16. The number of imidazole rings is 1. The van der Waals surface area contributed by atoms with Gasteiger partial charge in [0.1, 0.15) is 48.1 Å². The molecule has 0 spiro atoms. The molecular weight excluding hydrogens is 826 g/mol. The Hall–Kier alpha value is -4.42. The van der Waals surface area contributed by atoms with E-state index < -0.39 is 79.9 Å². The lowest BCUT2D eigenvalue weighted by atomic mass is 9.48. The van der Waals surface area contributed by atoms with E-state index in [1.165, 1.54) is 50.7 Å². The molecule has 1 amide bonds. The molecule has 63 heavy (non-hydrogen) atoms. The summed E-state index contributed by atoms with van der Waals surface area (Å²) in [4.78, 5) is 44.7. The smallest absolute Gasteiger partial charge is 0.335 e. The molecule has 4 aliphatic rings. The summed E-state index contributed by atoms with van der Waals surface area (Å²) in [6, 6.07) is 13.2. The van der Waals surface area contributed by atoms with Crippen molar-refractivity contribution in [3.05, 3.63) is 71.0 Å². The first-order chi connectivity index (χ1) is 29.8. The van der Waals surface area contributed by atoms with Crippen molar-refractivity contribution in [2.45, 2.75) is 93.8 Å². The zero-order chi connectivity index (χ0) is 46.6. The Morgan fingerprint density at radius 1 is 0.683 bits per heavy atom. The Balaban J connectivity index is 0.000000277. The van der Waals surface area contributed by atoms with Crippen LogP contribution in [0.5, 0.6) is 0 Å². The minimum atomic E-state index is -1.55. The monoisotopic (exact) mass is 889 g/mol. The summed E-state index contributed by atoms with van der Waals surface area (Å²) in [6.07, 6.45) is -3.01. The Morgan fingerprint density at radius 3 is 1.51 bits per heavy atom. The van der Waals surface area contributed by atoms with E-state index in [1.54, 1.807) is 14.1 Å². The van der Waals surface area contributed by atoms with Crippen molar-refractivity contribution in [1.29, 1.82) is 0 Å². The second-order valence-electron chi connectivity index (χ2n) is 16.9. The lowest BCUT2D eigenvalue weighted by Crippen LogP contribution is -2.48. The summed E-state index contributed by atoms with van der Waals surface area (Å²) in [5, 5.41) is 116. The predicted molar refractivity (Wildman–Crippen MR) is 227 cm³/mol. The second-order valence-corrected chi connectivity index (χ2v) is 16.9. The molecule has 8 atom stereocenters. The maximum absolute atomic E-state index is 13.5. The molecule has 0 saturated heterocycles. The summed E-state index contributed by atoms with van der Waals surface area (Å²) in [6.45, 7) is -1.14. The normalized spacial score (nSPS) is 23.7. The summed E-state index contributed by atoms with van der Waals surface area (Å²) >= 11 is 0. The highest BCUT2D eigenvalue weighted by Gasteiger charge is 2.51. The maximum atomic E-state index is 13.5. The van der Waals surface area contributed by atoms with E-state index in [2.05, 4.69) is 25.9 Å². The van der Waals surface area contributed by atoms with Gasteiger partial charge in [-0.25, -0.2) is 14.6 Å². The highest BCUT2D eigenvalue weighted by molar-refractivity contribution is 6.05. The number of amides is 1. The molecule has 3 aromatic rings. The highest BCUT2D eigenvalue weighted by atomic mass is 16.4. The standard InChI is InChI=1S/C29H29N3O5.2C7H17NO5/c33-26(30-22-10-20(27(34)35)9-21(11-22)28(36)37)24-23(31-25(32-24)19-4-2-1-3-5-19)15-29-12-16-6-17(13-29)8-18(7-16)14-29;2*1-8-2-4(10)6(12)7(13)5(11)3-9/h1-5,9-11,16-18H,6-8,12-15H2,(H,30,33)(H,31,32)(H,34,35)(H,36,37);2*4-13H,2-3H2,1H3/t;2*4-,5+,6+,7+/m.00/s1. The second kappa shape index (κ2) is 23.5. The van der Waals surface area contributed by atoms with Crippen LogP contribution < -0.4 is 16.0 Å². The van der Waals surface area contributed by atoms with E-state index in [4.69, 9.17) is 40.9 Å². The molecule has 20 heteroatoms. The molecular formula is C43H63N5O15. The van der Waals surface area contributed by atoms with Crippen LogP contribution >= 0.6 is 0 Å². The van der Waals surface area contributed by atoms with Crippen molar-refractivity contribution in [1.82, 2.24) is 20.6 Å². The third-order valence-electron chi connectivity index (χ3n) is 11.9. The van der Waals surface area contributed by atoms with E-state index in [0.29, 0.717) is 5.82 Å². The summed E-state index contributed by atoms with van der Waals surface area (Å²) in [5.74, 6) is -0.109. The average molecular weight is 890 g/mol. The number of carboxylic acid groups (broad SMARTS) is 2. The van der Waals surface area contributed by atoms with Gasteiger partial charge in [0.05, 0.1) is 36.5 Å². The number of carboxylic acids is 2. The topological polar surface area (TPSA) is 359 Å². The quantitative estimate of drug-likeness (QED) is 0.0670. The minimum Gasteiger partial charge on any atom is -0.478 e. The molecule has 350 valence electrons. The largest absolute Gasteiger partial charge is 0.478 e. The molecule has 0 unspecified atom stereocenters. The number of benzene rings is 2. The third-order valence-corrected chi connectivity index (χ3v) is 11.9. The van der Waals surface area contributed by atoms with Crippen LogP contribution in [0.25, 0.3) is 11.4 Å². The van der Waals surface area contributed by atoms with Crippen molar-refractivity contribution in [3.63, 3.8) is 0 Å². The van der Waals surface area contributed by atoms with Crippen LogP contribution in [0.3, 0.4) is 0 Å². The molecule has 1 aromatic heterocycles. The summed E-state index contributed by atoms with van der Waals surface area (Å²) < 4.78 is 0. The molecule has 2 aromatic carbocycles. The Morgan fingerprint density at radius 2 is 1.11 bits per heavy atom. The molecule has 7 rings (SSSR count). The van der Waals surface area contributed by atoms with Gasteiger partial charge in [0, 0.05) is 30.0 Å². The number of hydrogen-bond acceptors (Lipinski definition) is 16. The number of carbonyl (C=O) groups excluding carboxylic acids is 1. The average Bonchev–Trinajstić information content (AvgIpc) is 3.68. The van der Waals surface area contributed by atoms with Crippen molar-refractivity contribution in [2.24, 2.45) is 23.2 Å². The molecule has 0 radical (unpaired) electrons. The lowest BCUT2D eigenvalue weighted by Gasteiger charge is -2.57. The number of aliphatic hydroxyl groups excluding tert-OH is 10.